The second kappa shape index (κ2) is 6.94. The van der Waals surface area contributed by atoms with Crippen LogP contribution in [-0.2, 0) is 0 Å². The van der Waals surface area contributed by atoms with Gasteiger partial charge in [0, 0.05) is 0 Å². The molecule has 0 saturated heterocycles. The molecule has 2 heteroatoms. The Labute approximate surface area is 129 Å². The van der Waals surface area contributed by atoms with E-state index in [1.165, 1.54) is 31.4 Å². The van der Waals surface area contributed by atoms with Gasteiger partial charge in [0.25, 0.3) is 0 Å². The van der Waals surface area contributed by atoms with Crippen LogP contribution in [-0.4, -0.2) is 8.07 Å². The average Bonchev–Trinajstić information content (AvgIpc) is 2.98. The van der Waals surface area contributed by atoms with Crippen LogP contribution in [0.3, 0.4) is 0 Å². The molecule has 86 valence electrons. The minimum atomic E-state index is -1.31. The van der Waals surface area contributed by atoms with Crippen LogP contribution in [0.4, 0.5) is 0 Å². The first-order valence-electron chi connectivity index (χ1n) is 6.56. The molecule has 0 aliphatic heterocycles. The van der Waals surface area contributed by atoms with Crippen molar-refractivity contribution < 1.29 is 29.6 Å². The summed E-state index contributed by atoms with van der Waals surface area (Å²) in [4.78, 5) is 0. The van der Waals surface area contributed by atoms with Gasteiger partial charge in [0.1, 0.15) is 8.07 Å². The maximum Gasteiger partial charge on any atom is 1.00 e. The summed E-state index contributed by atoms with van der Waals surface area (Å²) in [6.45, 7) is 4.74. The molecule has 0 aromatic rings. The van der Waals surface area contributed by atoms with Gasteiger partial charge in [-0.05, 0) is 12.8 Å². The van der Waals surface area contributed by atoms with Gasteiger partial charge in [-0.3, -0.25) is 0 Å². The van der Waals surface area contributed by atoms with Gasteiger partial charge in [-0.25, -0.2) is 0 Å². The summed E-state index contributed by atoms with van der Waals surface area (Å²) in [5.74, 6) is 0. The molecule has 0 N–H and O–H groups in total. The molecule has 0 spiro atoms. The first-order chi connectivity index (χ1) is 7.83. The molecule has 0 unspecified atom stereocenters. The van der Waals surface area contributed by atoms with Gasteiger partial charge in [-0.1, -0.05) is 79.2 Å². The van der Waals surface area contributed by atoms with E-state index >= 15 is 0 Å². The Hall–Kier alpha value is 0.177. The topological polar surface area (TPSA) is 0 Å². The second-order valence-corrected chi connectivity index (χ2v) is 9.49. The average molecular weight is 253 g/mol. The van der Waals surface area contributed by atoms with Gasteiger partial charge in [0.05, 0.1) is 0 Å². The van der Waals surface area contributed by atoms with Crippen LogP contribution in [0, 0.1) is 0 Å². The first kappa shape index (κ1) is 15.2. The number of hydrogen-bond acceptors (Lipinski definition) is 0. The summed E-state index contributed by atoms with van der Waals surface area (Å²) in [5, 5.41) is 3.54. The molecule has 0 radical (unpaired) electrons. The molecule has 2 aliphatic rings. The van der Waals surface area contributed by atoms with Gasteiger partial charge in [0.15, 0.2) is 0 Å². The second-order valence-electron chi connectivity index (χ2n) is 4.83. The van der Waals surface area contributed by atoms with Crippen LogP contribution >= 0.6 is 0 Å². The molecule has 0 aromatic heterocycles. The maximum absolute atomic E-state index is 2.41. The fraction of sp³-hybridized carbons (Fsp3) is 0.467. The molecular weight excluding hydrogens is 231 g/mol. The van der Waals surface area contributed by atoms with E-state index in [1.54, 1.807) is 10.4 Å². The molecule has 0 bridgehead atoms. The van der Waals surface area contributed by atoms with Crippen molar-refractivity contribution in [3.63, 3.8) is 0 Å². The quantitative estimate of drug-likeness (QED) is 0.655. The molecule has 0 heterocycles. The zero-order chi connectivity index (χ0) is 11.4. The number of hydrogen-bond donors (Lipinski definition) is 0. The summed E-state index contributed by atoms with van der Waals surface area (Å²) in [6, 6.07) is 2.81. The van der Waals surface area contributed by atoms with Crippen molar-refractivity contribution in [1.29, 1.82) is 0 Å². The van der Waals surface area contributed by atoms with E-state index in [1.807, 2.05) is 0 Å². The van der Waals surface area contributed by atoms with Crippen LogP contribution in [0.5, 0.6) is 0 Å². The van der Waals surface area contributed by atoms with Crippen LogP contribution in [0.25, 0.3) is 0 Å². The summed E-state index contributed by atoms with van der Waals surface area (Å²) in [6.07, 6.45) is 17.7. The molecule has 0 saturated carbocycles. The van der Waals surface area contributed by atoms with Gasteiger partial charge >= 0.3 is 29.6 Å². The van der Waals surface area contributed by atoms with Crippen molar-refractivity contribution in [2.75, 3.05) is 0 Å². The Morgan fingerprint density at radius 2 is 1.53 bits per heavy atom. The minimum absolute atomic E-state index is 0. The SMILES string of the molecule is CCC[Si](CC)(C1=CC=CC1)C1=CC=CC1.[Na+]. The molecule has 17 heavy (non-hydrogen) atoms. The van der Waals surface area contributed by atoms with E-state index < -0.39 is 8.07 Å². The van der Waals surface area contributed by atoms with E-state index in [4.69, 9.17) is 0 Å². The fourth-order valence-corrected chi connectivity index (χ4v) is 8.21. The van der Waals surface area contributed by atoms with Crippen molar-refractivity contribution in [1.82, 2.24) is 0 Å². The number of rotatable bonds is 5. The third-order valence-corrected chi connectivity index (χ3v) is 9.81. The Bertz CT molecular complexity index is 344. The Balaban J connectivity index is 0.00000144. The van der Waals surface area contributed by atoms with E-state index in [0.717, 1.165) is 0 Å². The first-order valence-corrected chi connectivity index (χ1v) is 8.97. The largest absolute Gasteiger partial charge is 1.00 e. The fourth-order valence-electron chi connectivity index (χ4n) is 3.19. The zero-order valence-corrected chi connectivity index (χ0v) is 14.5. The normalized spacial score (nSPS) is 18.0. The molecule has 0 nitrogen and oxygen atoms in total. The van der Waals surface area contributed by atoms with Crippen LogP contribution in [0.1, 0.15) is 33.1 Å². The molecule has 2 rings (SSSR count). The maximum atomic E-state index is 2.41. The monoisotopic (exact) mass is 253 g/mol. The molecular formula is C15H22NaSi+. The van der Waals surface area contributed by atoms with E-state index in [2.05, 4.69) is 50.3 Å². The smallest absolute Gasteiger partial charge is 0.0809 e. The predicted molar refractivity (Wildman–Crippen MR) is 75.0 cm³/mol. The zero-order valence-electron chi connectivity index (χ0n) is 11.5. The van der Waals surface area contributed by atoms with E-state index in [9.17, 15) is 0 Å². The summed E-state index contributed by atoms with van der Waals surface area (Å²) in [5.41, 5.74) is 0. The summed E-state index contributed by atoms with van der Waals surface area (Å²) in [7, 11) is -1.31. The van der Waals surface area contributed by atoms with E-state index in [-0.39, 0.29) is 29.6 Å². The predicted octanol–water partition coefficient (Wildman–Crippen LogP) is 1.72. The standard InChI is InChI=1S/C15H22Si.Na/c1-3-13-16(4-2,14-9-5-6-10-14)15-11-7-8-12-15;/h5-9,11H,3-4,10,12-13H2,1-2H3;/q;+1. The minimum Gasteiger partial charge on any atom is -0.0809 e. The molecule has 0 atom stereocenters. The van der Waals surface area contributed by atoms with Crippen molar-refractivity contribution in [3.8, 4) is 0 Å². The van der Waals surface area contributed by atoms with Gasteiger partial charge in [-0.2, -0.15) is 0 Å². The Morgan fingerprint density at radius 3 is 1.82 bits per heavy atom. The summed E-state index contributed by atoms with van der Waals surface area (Å²) >= 11 is 0. The van der Waals surface area contributed by atoms with Gasteiger partial charge in [-0.15, -0.1) is 0 Å². The van der Waals surface area contributed by atoms with Crippen LogP contribution in [0.2, 0.25) is 12.1 Å². The summed E-state index contributed by atoms with van der Waals surface area (Å²) < 4.78 is 0. The Kier molecular flexibility index (Phi) is 6.22. The van der Waals surface area contributed by atoms with Crippen molar-refractivity contribution in [2.45, 2.75) is 45.2 Å². The van der Waals surface area contributed by atoms with Crippen molar-refractivity contribution >= 4 is 8.07 Å². The Morgan fingerprint density at radius 1 is 1.00 bits per heavy atom. The molecule has 2 aliphatic carbocycles. The third-order valence-electron chi connectivity index (χ3n) is 4.05. The number of allylic oxidation sites excluding steroid dienone is 8. The van der Waals surface area contributed by atoms with Crippen LogP contribution < -0.4 is 29.6 Å². The van der Waals surface area contributed by atoms with Crippen molar-refractivity contribution in [2.24, 2.45) is 0 Å². The molecule has 0 fully saturated rings. The van der Waals surface area contributed by atoms with Crippen LogP contribution in [0.15, 0.2) is 46.8 Å². The third kappa shape index (κ3) is 2.95. The molecule has 0 aromatic carbocycles. The van der Waals surface area contributed by atoms with E-state index in [0.29, 0.717) is 0 Å². The van der Waals surface area contributed by atoms with Gasteiger partial charge < -0.3 is 0 Å². The molecule has 0 amide bonds. The van der Waals surface area contributed by atoms with Crippen molar-refractivity contribution in [3.05, 3.63) is 46.8 Å². The van der Waals surface area contributed by atoms with Gasteiger partial charge in [0.2, 0.25) is 0 Å².